The summed E-state index contributed by atoms with van der Waals surface area (Å²) < 4.78 is 0. The largest absolute Gasteiger partial charge is 0.337 e. The fourth-order valence-electron chi connectivity index (χ4n) is 3.37. The molecule has 2 saturated heterocycles. The van der Waals surface area contributed by atoms with Gasteiger partial charge in [0.1, 0.15) is 0 Å². The first-order valence-corrected chi connectivity index (χ1v) is 9.22. The molecule has 2 atom stereocenters. The first-order chi connectivity index (χ1) is 9.74. The third kappa shape index (κ3) is 3.61. The molecule has 0 radical (unpaired) electrons. The molecule has 0 aromatic rings. The van der Waals surface area contributed by atoms with Gasteiger partial charge < -0.3 is 10.2 Å². The average molecular weight is 297 g/mol. The zero-order valence-electron chi connectivity index (χ0n) is 12.5. The highest BCUT2D eigenvalue weighted by atomic mass is 32.2. The number of carbonyl (C=O) groups excluding carboxylic acids is 1. The standard InChI is InChI=1S/C15H27N3OS/c1-17-13-4-5-14(17)10-18(8-6-13)15(19)16-7-9-20-11-12-2-3-12/h12-14H,2-11H2,1H3,(H,16,19)/t13-,14-/m0/s1. The summed E-state index contributed by atoms with van der Waals surface area (Å²) in [5, 5.41) is 3.10. The topological polar surface area (TPSA) is 35.6 Å². The molecule has 1 aliphatic carbocycles. The predicted molar refractivity (Wildman–Crippen MR) is 84.2 cm³/mol. The van der Waals surface area contributed by atoms with Gasteiger partial charge in [0.15, 0.2) is 0 Å². The Labute approximate surface area is 126 Å². The van der Waals surface area contributed by atoms with Crippen molar-refractivity contribution in [3.05, 3.63) is 0 Å². The number of hydrogen-bond acceptors (Lipinski definition) is 3. The highest BCUT2D eigenvalue weighted by molar-refractivity contribution is 7.99. The van der Waals surface area contributed by atoms with E-state index in [1.807, 2.05) is 16.7 Å². The Morgan fingerprint density at radius 3 is 2.80 bits per heavy atom. The molecule has 5 heteroatoms. The SMILES string of the molecule is CN1[C@H]2CC[C@H]1CN(C(=O)NCCSCC1CC1)CC2. The summed E-state index contributed by atoms with van der Waals surface area (Å²) in [6.07, 6.45) is 6.54. The Kier molecular flexibility index (Phi) is 4.76. The molecule has 1 N–H and O–H groups in total. The Balaban J connectivity index is 1.36. The molecule has 0 spiro atoms. The molecule has 2 amide bonds. The lowest BCUT2D eigenvalue weighted by Gasteiger charge is -2.26. The summed E-state index contributed by atoms with van der Waals surface area (Å²) in [6.45, 7) is 2.65. The number of hydrogen-bond donors (Lipinski definition) is 1. The molecule has 0 aromatic carbocycles. The van der Waals surface area contributed by atoms with Gasteiger partial charge in [-0.2, -0.15) is 11.8 Å². The molecule has 3 fully saturated rings. The molecule has 4 nitrogen and oxygen atoms in total. The second-order valence-electron chi connectivity index (χ2n) is 6.54. The number of thioether (sulfide) groups is 1. The number of fused-ring (bicyclic) bond motifs is 2. The minimum atomic E-state index is 0.151. The van der Waals surface area contributed by atoms with E-state index >= 15 is 0 Å². The van der Waals surface area contributed by atoms with E-state index in [9.17, 15) is 4.79 Å². The van der Waals surface area contributed by atoms with Gasteiger partial charge in [-0.25, -0.2) is 4.79 Å². The van der Waals surface area contributed by atoms with Crippen LogP contribution in [0.15, 0.2) is 0 Å². The number of rotatable bonds is 5. The Morgan fingerprint density at radius 1 is 1.20 bits per heavy atom. The predicted octanol–water partition coefficient (Wildman–Crippen LogP) is 2.01. The van der Waals surface area contributed by atoms with Crippen LogP contribution in [0.25, 0.3) is 0 Å². The van der Waals surface area contributed by atoms with Crippen molar-refractivity contribution in [2.45, 2.75) is 44.2 Å². The second-order valence-corrected chi connectivity index (χ2v) is 7.69. The maximum atomic E-state index is 12.2. The molecule has 20 heavy (non-hydrogen) atoms. The normalized spacial score (nSPS) is 30.4. The number of likely N-dealkylation sites (N-methyl/N-ethyl adjacent to an activating group) is 1. The van der Waals surface area contributed by atoms with E-state index in [2.05, 4.69) is 17.3 Å². The highest BCUT2D eigenvalue weighted by Crippen LogP contribution is 2.32. The fraction of sp³-hybridized carbons (Fsp3) is 0.933. The van der Waals surface area contributed by atoms with Crippen LogP contribution >= 0.6 is 11.8 Å². The molecule has 0 unspecified atom stereocenters. The molecule has 3 aliphatic rings. The van der Waals surface area contributed by atoms with Crippen LogP contribution in [0, 0.1) is 5.92 Å². The van der Waals surface area contributed by atoms with E-state index in [-0.39, 0.29) is 6.03 Å². The van der Waals surface area contributed by atoms with Gasteiger partial charge in [0.2, 0.25) is 0 Å². The average Bonchev–Trinajstić information content (AvgIpc) is 3.18. The molecular formula is C15H27N3OS. The zero-order chi connectivity index (χ0) is 13.9. The minimum Gasteiger partial charge on any atom is -0.337 e. The number of amides is 2. The Bertz CT molecular complexity index is 348. The van der Waals surface area contributed by atoms with E-state index in [1.165, 1.54) is 31.4 Å². The van der Waals surface area contributed by atoms with Gasteiger partial charge in [0.25, 0.3) is 0 Å². The fourth-order valence-corrected chi connectivity index (χ4v) is 4.45. The molecular weight excluding hydrogens is 270 g/mol. The van der Waals surface area contributed by atoms with Crippen LogP contribution in [0.4, 0.5) is 4.79 Å². The van der Waals surface area contributed by atoms with Gasteiger partial charge in [-0.1, -0.05) is 0 Å². The van der Waals surface area contributed by atoms with Crippen LogP contribution in [-0.4, -0.2) is 66.1 Å². The summed E-state index contributed by atoms with van der Waals surface area (Å²) in [7, 11) is 2.22. The molecule has 2 bridgehead atoms. The maximum Gasteiger partial charge on any atom is 0.317 e. The maximum absolute atomic E-state index is 12.2. The first kappa shape index (κ1) is 14.5. The lowest BCUT2D eigenvalue weighted by atomic mass is 10.1. The second kappa shape index (κ2) is 6.56. The van der Waals surface area contributed by atoms with E-state index in [0.29, 0.717) is 12.1 Å². The summed E-state index contributed by atoms with van der Waals surface area (Å²) in [5.74, 6) is 3.32. The summed E-state index contributed by atoms with van der Waals surface area (Å²) in [4.78, 5) is 16.7. The van der Waals surface area contributed by atoms with Gasteiger partial charge in [-0.05, 0) is 50.8 Å². The van der Waals surface area contributed by atoms with Gasteiger partial charge in [-0.3, -0.25) is 4.90 Å². The Hall–Kier alpha value is -0.420. The van der Waals surface area contributed by atoms with E-state index in [1.54, 1.807) is 0 Å². The van der Waals surface area contributed by atoms with Crippen LogP contribution < -0.4 is 5.32 Å². The molecule has 3 rings (SSSR count). The molecule has 2 heterocycles. The third-order valence-corrected chi connectivity index (χ3v) is 6.21. The van der Waals surface area contributed by atoms with Crippen LogP contribution in [0.2, 0.25) is 0 Å². The summed E-state index contributed by atoms with van der Waals surface area (Å²) in [6, 6.07) is 1.43. The number of urea groups is 1. The number of carbonyl (C=O) groups is 1. The van der Waals surface area contributed by atoms with Crippen molar-refractivity contribution in [2.24, 2.45) is 5.92 Å². The van der Waals surface area contributed by atoms with E-state index < -0.39 is 0 Å². The smallest absolute Gasteiger partial charge is 0.317 e. The van der Waals surface area contributed by atoms with E-state index in [4.69, 9.17) is 0 Å². The molecule has 114 valence electrons. The number of nitrogens with zero attached hydrogens (tertiary/aromatic N) is 2. The quantitative estimate of drug-likeness (QED) is 0.789. The van der Waals surface area contributed by atoms with Gasteiger partial charge in [0, 0.05) is 37.5 Å². The monoisotopic (exact) mass is 297 g/mol. The van der Waals surface area contributed by atoms with Crippen molar-refractivity contribution in [3.63, 3.8) is 0 Å². The molecule has 0 aromatic heterocycles. The van der Waals surface area contributed by atoms with Crippen molar-refractivity contribution in [3.8, 4) is 0 Å². The van der Waals surface area contributed by atoms with Gasteiger partial charge in [0.05, 0.1) is 0 Å². The van der Waals surface area contributed by atoms with Crippen LogP contribution in [0.1, 0.15) is 32.1 Å². The van der Waals surface area contributed by atoms with Crippen LogP contribution in [-0.2, 0) is 0 Å². The van der Waals surface area contributed by atoms with Crippen LogP contribution in [0.3, 0.4) is 0 Å². The van der Waals surface area contributed by atoms with Gasteiger partial charge in [-0.15, -0.1) is 0 Å². The number of nitrogens with one attached hydrogen (secondary N) is 1. The number of likely N-dealkylation sites (tertiary alicyclic amines) is 1. The third-order valence-electron chi connectivity index (χ3n) is 5.01. The van der Waals surface area contributed by atoms with Crippen LogP contribution in [0.5, 0.6) is 0 Å². The molecule has 2 aliphatic heterocycles. The first-order valence-electron chi connectivity index (χ1n) is 8.06. The molecule has 1 saturated carbocycles. The highest BCUT2D eigenvalue weighted by Gasteiger charge is 2.35. The minimum absolute atomic E-state index is 0.151. The summed E-state index contributed by atoms with van der Waals surface area (Å²) in [5.41, 5.74) is 0. The van der Waals surface area contributed by atoms with Crippen molar-refractivity contribution in [2.75, 3.05) is 38.2 Å². The Morgan fingerprint density at radius 2 is 2.00 bits per heavy atom. The lowest BCUT2D eigenvalue weighted by Crippen LogP contribution is -2.45. The van der Waals surface area contributed by atoms with Crippen molar-refractivity contribution in [1.82, 2.24) is 15.1 Å². The zero-order valence-corrected chi connectivity index (χ0v) is 13.3. The van der Waals surface area contributed by atoms with Gasteiger partial charge >= 0.3 is 6.03 Å². The van der Waals surface area contributed by atoms with Crippen molar-refractivity contribution >= 4 is 17.8 Å². The van der Waals surface area contributed by atoms with Crippen molar-refractivity contribution in [1.29, 1.82) is 0 Å². The summed E-state index contributed by atoms with van der Waals surface area (Å²) >= 11 is 1.99. The van der Waals surface area contributed by atoms with Crippen molar-refractivity contribution < 1.29 is 4.79 Å². The lowest BCUT2D eigenvalue weighted by molar-refractivity contribution is 0.189. The van der Waals surface area contributed by atoms with E-state index in [0.717, 1.165) is 37.7 Å².